The smallest absolute Gasteiger partial charge is 0.211 e. The zero-order valence-corrected chi connectivity index (χ0v) is 7.40. The Kier molecular flexibility index (Phi) is 1.96. The summed E-state index contributed by atoms with van der Waals surface area (Å²) in [5.41, 5.74) is 5.59. The molecule has 1 aromatic heterocycles. The lowest BCUT2D eigenvalue weighted by atomic mass is 10.4. The Balaban J connectivity index is 3.45. The van der Waals surface area contributed by atoms with Crippen LogP contribution >= 0.6 is 22.9 Å². The number of imidazole rings is 1. The number of nitriles is 2. The van der Waals surface area contributed by atoms with E-state index in [1.54, 1.807) is 28.9 Å². The van der Waals surface area contributed by atoms with E-state index in [1.807, 2.05) is 6.07 Å². The van der Waals surface area contributed by atoms with Crippen LogP contribution in [0.4, 0.5) is 5.95 Å². The fourth-order valence-electron chi connectivity index (χ4n) is 0.594. The number of nitrogens with two attached hydrogens (primary N) is 1. The van der Waals surface area contributed by atoms with Crippen molar-refractivity contribution in [2.24, 2.45) is 0 Å². The third kappa shape index (κ3) is 1.12. The monoisotopic (exact) mass is 259 g/mol. The Morgan fingerprint density at radius 3 is 2.45 bits per heavy atom. The molecule has 1 aromatic rings. The number of hydrogen-bond donors (Lipinski definition) is 1. The minimum atomic E-state index is 0.0689. The summed E-state index contributed by atoms with van der Waals surface area (Å²) in [4.78, 5) is 3.65. The Morgan fingerprint density at radius 1 is 1.45 bits per heavy atom. The molecule has 0 fully saturated rings. The molecule has 5 nitrogen and oxygen atoms in total. The molecule has 1 heterocycles. The van der Waals surface area contributed by atoms with Crippen molar-refractivity contribution in [3.8, 4) is 12.1 Å². The first-order chi connectivity index (χ1) is 5.20. The lowest BCUT2D eigenvalue weighted by Crippen LogP contribution is -1.92. The minimum Gasteiger partial charge on any atom is -0.369 e. The standard InChI is InChI=1S/C5H2IN5/c6-11-4(2-8)3(1-7)10-5(11)9/h(H2,9,10). The van der Waals surface area contributed by atoms with Gasteiger partial charge in [0.15, 0.2) is 11.4 Å². The van der Waals surface area contributed by atoms with Crippen molar-refractivity contribution in [3.05, 3.63) is 11.4 Å². The number of aromatic nitrogens is 2. The molecule has 1 rings (SSSR count). The van der Waals surface area contributed by atoms with Gasteiger partial charge in [-0.15, -0.1) is 0 Å². The van der Waals surface area contributed by atoms with Crippen molar-refractivity contribution in [1.82, 2.24) is 7.76 Å². The first-order valence-corrected chi connectivity index (χ1v) is 3.51. The van der Waals surface area contributed by atoms with E-state index in [0.717, 1.165) is 0 Å². The lowest BCUT2D eigenvalue weighted by molar-refractivity contribution is 1.27. The van der Waals surface area contributed by atoms with Crippen LogP contribution in [-0.2, 0) is 0 Å². The average Bonchev–Trinajstić information content (AvgIpc) is 2.28. The molecule has 54 valence electrons. The van der Waals surface area contributed by atoms with Gasteiger partial charge in [0, 0.05) is 0 Å². The highest BCUT2D eigenvalue weighted by atomic mass is 127. The van der Waals surface area contributed by atoms with Crippen molar-refractivity contribution >= 4 is 28.8 Å². The molecule has 0 radical (unpaired) electrons. The summed E-state index contributed by atoms with van der Waals surface area (Å²) in [6.45, 7) is 0. The molecule has 0 bridgehead atoms. The summed E-state index contributed by atoms with van der Waals surface area (Å²) in [5.74, 6) is 0.165. The largest absolute Gasteiger partial charge is 0.369 e. The van der Waals surface area contributed by atoms with Crippen LogP contribution in [0, 0.1) is 22.7 Å². The third-order valence-electron chi connectivity index (χ3n) is 1.06. The highest BCUT2D eigenvalue weighted by molar-refractivity contribution is 14.1. The molecule has 0 aliphatic rings. The van der Waals surface area contributed by atoms with E-state index in [9.17, 15) is 0 Å². The molecule has 11 heavy (non-hydrogen) atoms. The molecule has 0 unspecified atom stereocenters. The van der Waals surface area contributed by atoms with Crippen molar-refractivity contribution in [1.29, 1.82) is 10.5 Å². The Morgan fingerprint density at radius 2 is 2.09 bits per heavy atom. The fourth-order valence-corrected chi connectivity index (χ4v) is 1.04. The normalized spacial score (nSPS) is 8.64. The zero-order valence-electron chi connectivity index (χ0n) is 5.24. The second-order valence-electron chi connectivity index (χ2n) is 1.67. The van der Waals surface area contributed by atoms with Gasteiger partial charge in [-0.25, -0.2) is 7.76 Å². The van der Waals surface area contributed by atoms with Crippen LogP contribution in [0.2, 0.25) is 0 Å². The minimum absolute atomic E-state index is 0.0689. The summed E-state index contributed by atoms with van der Waals surface area (Å²) in [6.07, 6.45) is 0. The zero-order chi connectivity index (χ0) is 8.43. The van der Waals surface area contributed by atoms with Crippen LogP contribution in [-0.4, -0.2) is 7.76 Å². The van der Waals surface area contributed by atoms with E-state index >= 15 is 0 Å². The summed E-state index contributed by atoms with van der Waals surface area (Å²) >= 11 is 1.80. The molecular weight excluding hydrogens is 257 g/mol. The lowest BCUT2D eigenvalue weighted by Gasteiger charge is -1.88. The number of hydrogen-bond acceptors (Lipinski definition) is 4. The molecule has 0 aromatic carbocycles. The highest BCUT2D eigenvalue weighted by Gasteiger charge is 2.11. The Hall–Kier alpha value is -1.28. The van der Waals surface area contributed by atoms with Gasteiger partial charge in [-0.2, -0.15) is 10.5 Å². The topological polar surface area (TPSA) is 91.4 Å². The number of halogens is 1. The van der Waals surface area contributed by atoms with Crippen molar-refractivity contribution < 1.29 is 0 Å². The molecule has 6 heteroatoms. The molecule has 0 saturated heterocycles. The maximum atomic E-state index is 8.52. The van der Waals surface area contributed by atoms with Gasteiger partial charge < -0.3 is 5.73 Å². The first kappa shape index (κ1) is 7.82. The van der Waals surface area contributed by atoms with Crippen LogP contribution in [0.5, 0.6) is 0 Å². The molecule has 0 atom stereocenters. The molecule has 0 spiro atoms. The highest BCUT2D eigenvalue weighted by Crippen LogP contribution is 2.14. The van der Waals surface area contributed by atoms with Crippen molar-refractivity contribution in [2.45, 2.75) is 0 Å². The van der Waals surface area contributed by atoms with Gasteiger partial charge in [-0.05, 0) is 0 Å². The van der Waals surface area contributed by atoms with Crippen LogP contribution in [0.3, 0.4) is 0 Å². The number of nitrogen functional groups attached to an aromatic ring is 1. The maximum absolute atomic E-state index is 8.52. The van der Waals surface area contributed by atoms with E-state index in [0.29, 0.717) is 0 Å². The van der Waals surface area contributed by atoms with Crippen molar-refractivity contribution in [3.63, 3.8) is 0 Å². The number of rotatable bonds is 0. The molecule has 0 saturated carbocycles. The third-order valence-corrected chi connectivity index (χ3v) is 2.04. The Labute approximate surface area is 76.5 Å². The predicted molar refractivity (Wildman–Crippen MR) is 45.5 cm³/mol. The van der Waals surface area contributed by atoms with Crippen LogP contribution in [0.1, 0.15) is 11.4 Å². The summed E-state index contributed by atoms with van der Waals surface area (Å²) in [5, 5.41) is 17.0. The van der Waals surface area contributed by atoms with E-state index < -0.39 is 0 Å². The van der Waals surface area contributed by atoms with Gasteiger partial charge in [0.05, 0.1) is 22.9 Å². The maximum Gasteiger partial charge on any atom is 0.211 e. The van der Waals surface area contributed by atoms with Gasteiger partial charge in [-0.3, -0.25) is 0 Å². The first-order valence-electron chi connectivity index (χ1n) is 2.55. The van der Waals surface area contributed by atoms with E-state index in [1.165, 1.54) is 2.78 Å². The predicted octanol–water partition coefficient (Wildman–Crippen LogP) is 0.407. The van der Waals surface area contributed by atoms with Crippen LogP contribution in [0.15, 0.2) is 0 Å². The average molecular weight is 259 g/mol. The number of anilines is 1. The molecule has 2 N–H and O–H groups in total. The SMILES string of the molecule is N#Cc1nc(N)n(I)c1C#N. The summed E-state index contributed by atoms with van der Waals surface area (Å²) in [7, 11) is 0. The van der Waals surface area contributed by atoms with Gasteiger partial charge >= 0.3 is 0 Å². The number of nitrogens with zero attached hydrogens (tertiary/aromatic N) is 4. The van der Waals surface area contributed by atoms with E-state index in [-0.39, 0.29) is 17.3 Å². The van der Waals surface area contributed by atoms with Gasteiger partial charge in [-0.1, -0.05) is 0 Å². The Bertz CT molecular complexity index is 365. The van der Waals surface area contributed by atoms with Gasteiger partial charge in [0.2, 0.25) is 5.95 Å². The van der Waals surface area contributed by atoms with E-state index in [2.05, 4.69) is 4.98 Å². The molecule has 0 amide bonds. The fraction of sp³-hybridized carbons (Fsp3) is 0. The van der Waals surface area contributed by atoms with Crippen molar-refractivity contribution in [2.75, 3.05) is 5.73 Å². The quantitative estimate of drug-likeness (QED) is 0.683. The summed E-state index contributed by atoms with van der Waals surface area (Å²) in [6, 6.07) is 3.59. The van der Waals surface area contributed by atoms with Gasteiger partial charge in [0.1, 0.15) is 12.1 Å². The second-order valence-corrected chi connectivity index (χ2v) is 2.64. The van der Waals surface area contributed by atoms with Crippen LogP contribution < -0.4 is 5.73 Å². The second kappa shape index (κ2) is 2.76. The van der Waals surface area contributed by atoms with Crippen LogP contribution in [0.25, 0.3) is 0 Å². The van der Waals surface area contributed by atoms with E-state index in [4.69, 9.17) is 16.3 Å². The molecule has 0 aliphatic carbocycles. The summed E-state index contributed by atoms with van der Waals surface area (Å²) < 4.78 is 1.34. The molecular formula is C5H2IN5. The molecule has 0 aliphatic heterocycles. The van der Waals surface area contributed by atoms with Gasteiger partial charge in [0.25, 0.3) is 0 Å².